The average Bonchev–Trinajstić information content (AvgIpc) is 3.33. The van der Waals surface area contributed by atoms with Crippen LogP contribution in [0.3, 0.4) is 0 Å². The summed E-state index contributed by atoms with van der Waals surface area (Å²) < 4.78 is 45.5. The molecule has 4 rings (SSSR count). The first-order valence-electron chi connectivity index (χ1n) is 7.66. The van der Waals surface area contributed by atoms with Crippen molar-refractivity contribution in [3.05, 3.63) is 34.8 Å². The molecule has 1 aliphatic carbocycles. The number of esters is 1. The zero-order valence-corrected chi connectivity index (χ0v) is 13.4. The van der Waals surface area contributed by atoms with Gasteiger partial charge in [0.1, 0.15) is 5.69 Å². The number of fused-ring (bicyclic) bond motifs is 3. The summed E-state index contributed by atoms with van der Waals surface area (Å²) in [4.78, 5) is 20.0. The lowest BCUT2D eigenvalue weighted by Crippen LogP contribution is -2.10. The molecule has 3 heterocycles. The highest BCUT2D eigenvalue weighted by molar-refractivity contribution is 5.96. The molecule has 1 fully saturated rings. The normalized spacial score (nSPS) is 15.1. The van der Waals surface area contributed by atoms with Crippen LogP contribution < -0.4 is 0 Å². The third-order valence-electron chi connectivity index (χ3n) is 4.21. The first kappa shape index (κ1) is 15.8. The lowest BCUT2D eigenvalue weighted by molar-refractivity contribution is -0.141. The van der Waals surface area contributed by atoms with Crippen LogP contribution >= 0.6 is 0 Å². The third-order valence-corrected chi connectivity index (χ3v) is 4.21. The van der Waals surface area contributed by atoms with Crippen molar-refractivity contribution in [1.82, 2.24) is 19.6 Å². The quantitative estimate of drug-likeness (QED) is 0.664. The number of halogens is 3. The molecule has 0 bridgehead atoms. The number of methoxy groups -OCH3 is 1. The summed E-state index contributed by atoms with van der Waals surface area (Å²) >= 11 is 0. The SMILES string of the molecule is COC(=O)c1cc(C)nc2c3c(C4CC4)cc(C(F)(F)F)nc3nn12. The fourth-order valence-corrected chi connectivity index (χ4v) is 2.94. The predicted molar refractivity (Wildman–Crippen MR) is 81.3 cm³/mol. The molecule has 0 amide bonds. The van der Waals surface area contributed by atoms with E-state index < -0.39 is 17.8 Å². The minimum absolute atomic E-state index is 0.0310. The molecule has 3 aromatic heterocycles. The highest BCUT2D eigenvalue weighted by Crippen LogP contribution is 2.45. The number of carbonyl (C=O) groups is 1. The van der Waals surface area contributed by atoms with E-state index in [1.807, 2.05) is 0 Å². The van der Waals surface area contributed by atoms with Crippen molar-refractivity contribution >= 4 is 22.6 Å². The van der Waals surface area contributed by atoms with Crippen LogP contribution in [0, 0.1) is 6.92 Å². The van der Waals surface area contributed by atoms with E-state index in [0.717, 1.165) is 18.9 Å². The maximum atomic E-state index is 13.2. The van der Waals surface area contributed by atoms with Crippen molar-refractivity contribution in [3.8, 4) is 0 Å². The van der Waals surface area contributed by atoms with E-state index in [-0.39, 0.29) is 17.3 Å². The van der Waals surface area contributed by atoms with Crippen LogP contribution in [0.15, 0.2) is 12.1 Å². The molecule has 0 saturated heterocycles. The Labute approximate surface area is 139 Å². The number of rotatable bonds is 2. The van der Waals surface area contributed by atoms with Crippen LogP contribution in [0.1, 0.15) is 46.2 Å². The molecule has 9 heteroatoms. The number of nitrogens with zero attached hydrogens (tertiary/aromatic N) is 4. The smallest absolute Gasteiger partial charge is 0.433 e. The number of ether oxygens (including phenoxy) is 1. The van der Waals surface area contributed by atoms with Gasteiger partial charge >= 0.3 is 12.1 Å². The maximum absolute atomic E-state index is 13.2. The standard InChI is InChI=1S/C16H13F3N4O2/c1-7-5-10(15(24)25-2)23-14(20-7)12-9(8-3-4-8)6-11(16(17,18)19)21-13(12)22-23/h5-6,8H,3-4H2,1-2H3. The van der Waals surface area contributed by atoms with Gasteiger partial charge in [-0.1, -0.05) is 0 Å². The van der Waals surface area contributed by atoms with Crippen molar-refractivity contribution < 1.29 is 22.7 Å². The van der Waals surface area contributed by atoms with E-state index in [0.29, 0.717) is 22.3 Å². The first-order chi connectivity index (χ1) is 11.8. The maximum Gasteiger partial charge on any atom is 0.433 e. The number of alkyl halides is 3. The average molecular weight is 350 g/mol. The summed E-state index contributed by atoms with van der Waals surface area (Å²) in [6.07, 6.45) is -2.95. The van der Waals surface area contributed by atoms with Gasteiger partial charge in [0.2, 0.25) is 0 Å². The highest BCUT2D eigenvalue weighted by Gasteiger charge is 2.37. The Morgan fingerprint density at radius 2 is 2.00 bits per heavy atom. The Balaban J connectivity index is 2.12. The molecule has 25 heavy (non-hydrogen) atoms. The summed E-state index contributed by atoms with van der Waals surface area (Å²) in [6.45, 7) is 1.69. The molecule has 6 nitrogen and oxygen atoms in total. The van der Waals surface area contributed by atoms with Gasteiger partial charge in [0, 0.05) is 5.69 Å². The summed E-state index contributed by atoms with van der Waals surface area (Å²) in [6, 6.07) is 2.55. The lowest BCUT2D eigenvalue weighted by Gasteiger charge is -2.08. The van der Waals surface area contributed by atoms with E-state index in [9.17, 15) is 18.0 Å². The summed E-state index contributed by atoms with van der Waals surface area (Å²) in [5, 5.41) is 4.57. The van der Waals surface area contributed by atoms with Gasteiger partial charge < -0.3 is 4.74 Å². The van der Waals surface area contributed by atoms with Gasteiger partial charge in [-0.15, -0.1) is 5.10 Å². The Morgan fingerprint density at radius 3 is 2.60 bits per heavy atom. The molecule has 0 unspecified atom stereocenters. The summed E-state index contributed by atoms with van der Waals surface area (Å²) in [7, 11) is 1.22. The molecular formula is C16H13F3N4O2. The van der Waals surface area contributed by atoms with Crippen molar-refractivity contribution in [1.29, 1.82) is 0 Å². The molecule has 0 aromatic carbocycles. The van der Waals surface area contributed by atoms with Crippen molar-refractivity contribution in [3.63, 3.8) is 0 Å². The van der Waals surface area contributed by atoms with Gasteiger partial charge in [0.15, 0.2) is 17.0 Å². The first-order valence-corrected chi connectivity index (χ1v) is 7.66. The molecule has 3 aromatic rings. The van der Waals surface area contributed by atoms with Gasteiger partial charge in [0.05, 0.1) is 12.5 Å². The summed E-state index contributed by atoms with van der Waals surface area (Å²) in [5.74, 6) is -0.615. The molecule has 0 atom stereocenters. The van der Waals surface area contributed by atoms with Crippen LogP contribution in [0.25, 0.3) is 16.7 Å². The Morgan fingerprint density at radius 1 is 1.28 bits per heavy atom. The molecule has 0 N–H and O–H groups in total. The fourth-order valence-electron chi connectivity index (χ4n) is 2.94. The second-order valence-electron chi connectivity index (χ2n) is 6.08. The van der Waals surface area contributed by atoms with Gasteiger partial charge in [-0.25, -0.2) is 19.3 Å². The highest BCUT2D eigenvalue weighted by atomic mass is 19.4. The van der Waals surface area contributed by atoms with E-state index in [4.69, 9.17) is 4.74 Å². The number of aromatic nitrogens is 4. The minimum Gasteiger partial charge on any atom is -0.464 e. The fraction of sp³-hybridized carbons (Fsp3) is 0.375. The Kier molecular flexibility index (Phi) is 3.25. The third kappa shape index (κ3) is 2.50. The van der Waals surface area contributed by atoms with Gasteiger partial charge in [-0.05, 0) is 43.4 Å². The largest absolute Gasteiger partial charge is 0.464 e. The molecule has 0 spiro atoms. The van der Waals surface area contributed by atoms with Crippen LogP contribution in [0.2, 0.25) is 0 Å². The number of carbonyl (C=O) groups excluding carboxylic acids is 1. The van der Waals surface area contributed by atoms with Crippen LogP contribution in [0.4, 0.5) is 13.2 Å². The topological polar surface area (TPSA) is 69.4 Å². The molecular weight excluding hydrogens is 337 g/mol. The second-order valence-corrected chi connectivity index (χ2v) is 6.08. The van der Waals surface area contributed by atoms with Crippen LogP contribution in [-0.2, 0) is 10.9 Å². The van der Waals surface area contributed by atoms with Crippen molar-refractivity contribution in [2.24, 2.45) is 0 Å². The number of pyridine rings is 1. The van der Waals surface area contributed by atoms with Crippen molar-refractivity contribution in [2.75, 3.05) is 7.11 Å². The van der Waals surface area contributed by atoms with Gasteiger partial charge in [-0.3, -0.25) is 0 Å². The Bertz CT molecular complexity index is 1020. The molecule has 0 radical (unpaired) electrons. The molecule has 130 valence electrons. The van der Waals surface area contributed by atoms with E-state index >= 15 is 0 Å². The zero-order valence-electron chi connectivity index (χ0n) is 13.4. The van der Waals surface area contributed by atoms with Crippen molar-refractivity contribution in [2.45, 2.75) is 31.9 Å². The van der Waals surface area contributed by atoms with E-state index in [1.165, 1.54) is 17.7 Å². The number of hydrogen-bond acceptors (Lipinski definition) is 5. The Hall–Kier alpha value is -2.71. The monoisotopic (exact) mass is 350 g/mol. The lowest BCUT2D eigenvalue weighted by atomic mass is 10.1. The van der Waals surface area contributed by atoms with E-state index in [1.54, 1.807) is 6.92 Å². The van der Waals surface area contributed by atoms with E-state index in [2.05, 4.69) is 15.1 Å². The molecule has 1 saturated carbocycles. The van der Waals surface area contributed by atoms with Gasteiger partial charge in [-0.2, -0.15) is 13.2 Å². The minimum atomic E-state index is -4.57. The summed E-state index contributed by atoms with van der Waals surface area (Å²) in [5.41, 5.74) is 0.427. The number of aryl methyl sites for hydroxylation is 1. The predicted octanol–water partition coefficient (Wildman–Crippen LogP) is 3.27. The second kappa shape index (κ2) is 5.14. The van der Waals surface area contributed by atoms with Gasteiger partial charge in [0.25, 0.3) is 0 Å². The van der Waals surface area contributed by atoms with Crippen LogP contribution in [-0.4, -0.2) is 32.7 Å². The van der Waals surface area contributed by atoms with Crippen LogP contribution in [0.5, 0.6) is 0 Å². The number of hydrogen-bond donors (Lipinski definition) is 0. The molecule has 1 aliphatic rings. The molecule has 0 aliphatic heterocycles. The zero-order chi connectivity index (χ0) is 17.9.